The molecule has 0 spiro atoms. The summed E-state index contributed by atoms with van der Waals surface area (Å²) in [4.78, 5) is 9.93. The fourth-order valence-corrected chi connectivity index (χ4v) is 7.43. The van der Waals surface area contributed by atoms with E-state index in [1.54, 1.807) is 0 Å². The van der Waals surface area contributed by atoms with Gasteiger partial charge >= 0.3 is 0 Å². The predicted molar refractivity (Wildman–Crippen MR) is 168 cm³/mol. The molecule has 0 fully saturated rings. The van der Waals surface area contributed by atoms with Gasteiger partial charge in [-0.3, -0.25) is 9.38 Å². The van der Waals surface area contributed by atoms with E-state index in [1.807, 2.05) is 12.4 Å². The van der Waals surface area contributed by atoms with Crippen LogP contribution >= 0.6 is 0 Å². The van der Waals surface area contributed by atoms with Gasteiger partial charge in [0.15, 0.2) is 0 Å². The maximum absolute atomic E-state index is 5.32. The maximum Gasteiger partial charge on any atom is 0.146 e. The average molecular weight is 523 g/mol. The van der Waals surface area contributed by atoms with Crippen molar-refractivity contribution in [3.63, 3.8) is 0 Å². The van der Waals surface area contributed by atoms with Gasteiger partial charge in [-0.1, -0.05) is 72.8 Å². The number of hydrogen-bond acceptors (Lipinski definition) is 2. The van der Waals surface area contributed by atoms with Gasteiger partial charge in [0.05, 0.1) is 33.8 Å². The van der Waals surface area contributed by atoms with Crippen LogP contribution in [-0.2, 0) is 6.42 Å². The summed E-state index contributed by atoms with van der Waals surface area (Å²) in [7, 11) is 0. The van der Waals surface area contributed by atoms with Crippen molar-refractivity contribution in [1.29, 1.82) is 0 Å². The van der Waals surface area contributed by atoms with Crippen LogP contribution in [0.2, 0.25) is 0 Å². The van der Waals surface area contributed by atoms with Gasteiger partial charge in [0.25, 0.3) is 0 Å². The van der Waals surface area contributed by atoms with E-state index in [0.29, 0.717) is 0 Å². The van der Waals surface area contributed by atoms with Crippen LogP contribution in [0.15, 0.2) is 122 Å². The summed E-state index contributed by atoms with van der Waals surface area (Å²) in [5.74, 6) is 0. The standard InChI is InChI=1S/C37H22N4/c1-2-11-23(12-3-1)40-29-16-8-6-14-25(29)33-32-24-13-5-4-10-22(24)20-27(32)35-34(36(33)40)26-18-19-38-21-31(26)41-30-17-9-7-15-28(30)39-37(35)41/h1-19,21H,20H2. The first-order chi connectivity index (χ1) is 20.4. The van der Waals surface area contributed by atoms with Gasteiger partial charge in [-0.25, -0.2) is 4.98 Å². The van der Waals surface area contributed by atoms with Gasteiger partial charge in [0, 0.05) is 38.8 Å². The number of pyridine rings is 2. The third-order valence-electron chi connectivity index (χ3n) is 8.98. The highest BCUT2D eigenvalue weighted by Gasteiger charge is 2.31. The molecule has 1 aliphatic rings. The molecule has 190 valence electrons. The summed E-state index contributed by atoms with van der Waals surface area (Å²) in [6, 6.07) is 39.2. The Morgan fingerprint density at radius 1 is 0.610 bits per heavy atom. The van der Waals surface area contributed by atoms with E-state index in [2.05, 4.69) is 123 Å². The van der Waals surface area contributed by atoms with E-state index in [4.69, 9.17) is 4.98 Å². The Kier molecular flexibility index (Phi) is 3.95. The Morgan fingerprint density at radius 2 is 1.37 bits per heavy atom. The first-order valence-corrected chi connectivity index (χ1v) is 14.1. The zero-order valence-electron chi connectivity index (χ0n) is 22.0. The molecule has 5 aromatic carbocycles. The van der Waals surface area contributed by atoms with Crippen molar-refractivity contribution in [2.45, 2.75) is 6.42 Å². The van der Waals surface area contributed by atoms with E-state index in [0.717, 1.165) is 34.3 Å². The monoisotopic (exact) mass is 522 g/mol. The Morgan fingerprint density at radius 3 is 2.29 bits per heavy atom. The highest BCUT2D eigenvalue weighted by molar-refractivity contribution is 6.33. The summed E-state index contributed by atoms with van der Waals surface area (Å²) < 4.78 is 4.79. The number of fused-ring (bicyclic) bond motifs is 17. The molecule has 0 saturated heterocycles. The number of benzene rings is 5. The highest BCUT2D eigenvalue weighted by atomic mass is 15.0. The van der Waals surface area contributed by atoms with Gasteiger partial charge in [-0.15, -0.1) is 0 Å². The molecule has 4 nitrogen and oxygen atoms in total. The molecule has 41 heavy (non-hydrogen) atoms. The van der Waals surface area contributed by atoms with E-state index in [9.17, 15) is 0 Å². The van der Waals surface area contributed by atoms with E-state index < -0.39 is 0 Å². The number of imidazole rings is 1. The molecule has 4 heterocycles. The van der Waals surface area contributed by atoms with Gasteiger partial charge in [-0.05, 0) is 65.1 Å². The third kappa shape index (κ3) is 2.60. The number of nitrogens with zero attached hydrogens (tertiary/aromatic N) is 4. The van der Waals surface area contributed by atoms with Crippen molar-refractivity contribution < 1.29 is 0 Å². The molecule has 1 aliphatic carbocycles. The Bertz CT molecular complexity index is 2550. The second-order valence-electron chi connectivity index (χ2n) is 11.0. The van der Waals surface area contributed by atoms with Crippen LogP contribution in [0.3, 0.4) is 0 Å². The summed E-state index contributed by atoms with van der Waals surface area (Å²) in [6.07, 6.45) is 4.81. The molecular formula is C37H22N4. The van der Waals surface area contributed by atoms with Crippen LogP contribution in [-0.4, -0.2) is 18.9 Å². The van der Waals surface area contributed by atoms with Gasteiger partial charge in [0.1, 0.15) is 5.65 Å². The predicted octanol–water partition coefficient (Wildman–Crippen LogP) is 8.86. The highest BCUT2D eigenvalue weighted by Crippen LogP contribution is 2.52. The van der Waals surface area contributed by atoms with Gasteiger partial charge in [-0.2, -0.15) is 0 Å². The van der Waals surface area contributed by atoms with E-state index in [-0.39, 0.29) is 0 Å². The lowest BCUT2D eigenvalue weighted by Gasteiger charge is -2.17. The first-order valence-electron chi connectivity index (χ1n) is 14.1. The molecule has 0 N–H and O–H groups in total. The Labute approximate surface area is 234 Å². The summed E-state index contributed by atoms with van der Waals surface area (Å²) in [5.41, 5.74) is 13.2. The van der Waals surface area contributed by atoms with Crippen LogP contribution in [0.1, 0.15) is 11.1 Å². The van der Waals surface area contributed by atoms with Crippen LogP contribution < -0.4 is 0 Å². The fourth-order valence-electron chi connectivity index (χ4n) is 7.43. The smallest absolute Gasteiger partial charge is 0.146 e. The molecule has 9 aromatic rings. The molecule has 0 saturated carbocycles. The van der Waals surface area contributed by atoms with Crippen LogP contribution in [0, 0.1) is 0 Å². The molecule has 0 unspecified atom stereocenters. The number of hydrogen-bond donors (Lipinski definition) is 0. The molecular weight excluding hydrogens is 500 g/mol. The van der Waals surface area contributed by atoms with Crippen molar-refractivity contribution in [2.75, 3.05) is 0 Å². The SMILES string of the molecule is c1ccc(-n2c3ccccc3c3c4c(c5c(c6ccncc6n6c7ccccc7nc56)c32)Cc2ccccc2-4)cc1. The van der Waals surface area contributed by atoms with Crippen LogP contribution in [0.4, 0.5) is 0 Å². The lowest BCUT2D eigenvalue weighted by atomic mass is 9.92. The summed E-state index contributed by atoms with van der Waals surface area (Å²) in [6.45, 7) is 0. The van der Waals surface area contributed by atoms with Crippen LogP contribution in [0.5, 0.6) is 0 Å². The molecule has 0 bridgehead atoms. The molecule has 0 atom stereocenters. The van der Waals surface area contributed by atoms with Gasteiger partial charge in [0.2, 0.25) is 0 Å². The minimum atomic E-state index is 0.887. The fraction of sp³-hybridized carbons (Fsp3) is 0.0270. The maximum atomic E-state index is 5.32. The first kappa shape index (κ1) is 21.4. The number of aromatic nitrogens is 4. The minimum Gasteiger partial charge on any atom is -0.309 e. The Hall–Kier alpha value is -5.48. The molecule has 0 amide bonds. The van der Waals surface area contributed by atoms with Crippen molar-refractivity contribution in [3.05, 3.63) is 133 Å². The van der Waals surface area contributed by atoms with Crippen molar-refractivity contribution in [3.8, 4) is 16.8 Å². The second kappa shape index (κ2) is 7.58. The molecule has 4 aromatic heterocycles. The topological polar surface area (TPSA) is 35.1 Å². The zero-order chi connectivity index (χ0) is 26.7. The minimum absolute atomic E-state index is 0.887. The Balaban J connectivity index is 1.61. The van der Waals surface area contributed by atoms with Crippen LogP contribution in [0.25, 0.3) is 77.0 Å². The second-order valence-corrected chi connectivity index (χ2v) is 11.0. The number of para-hydroxylation sites is 4. The third-order valence-corrected chi connectivity index (χ3v) is 8.98. The summed E-state index contributed by atoms with van der Waals surface area (Å²) in [5, 5.41) is 6.26. The van der Waals surface area contributed by atoms with E-state index in [1.165, 1.54) is 60.2 Å². The molecule has 0 aliphatic heterocycles. The molecule has 10 rings (SSSR count). The summed E-state index contributed by atoms with van der Waals surface area (Å²) >= 11 is 0. The average Bonchev–Trinajstić information content (AvgIpc) is 3.71. The normalized spacial score (nSPS) is 12.8. The largest absolute Gasteiger partial charge is 0.309 e. The molecule has 0 radical (unpaired) electrons. The number of rotatable bonds is 1. The van der Waals surface area contributed by atoms with E-state index >= 15 is 0 Å². The molecule has 4 heteroatoms. The van der Waals surface area contributed by atoms with Gasteiger partial charge < -0.3 is 4.57 Å². The zero-order valence-corrected chi connectivity index (χ0v) is 22.0. The van der Waals surface area contributed by atoms with Crippen molar-refractivity contribution in [2.24, 2.45) is 0 Å². The lowest BCUT2D eigenvalue weighted by molar-refractivity contribution is 1.18. The quantitative estimate of drug-likeness (QED) is 0.202. The lowest BCUT2D eigenvalue weighted by Crippen LogP contribution is -1.99. The van der Waals surface area contributed by atoms with Crippen molar-refractivity contribution >= 4 is 60.2 Å². The van der Waals surface area contributed by atoms with Crippen molar-refractivity contribution in [1.82, 2.24) is 18.9 Å².